The van der Waals surface area contributed by atoms with E-state index in [4.69, 9.17) is 5.26 Å². The van der Waals surface area contributed by atoms with Gasteiger partial charge in [0, 0.05) is 22.2 Å². The summed E-state index contributed by atoms with van der Waals surface area (Å²) in [6.45, 7) is 2.13. The first-order valence-corrected chi connectivity index (χ1v) is 7.89. The Morgan fingerprint density at radius 1 is 1.17 bits per heavy atom. The lowest BCUT2D eigenvalue weighted by molar-refractivity contribution is 0.103. The molecule has 0 atom stereocenters. The molecule has 0 spiro atoms. The van der Waals surface area contributed by atoms with Crippen molar-refractivity contribution in [3.8, 4) is 6.07 Å². The third-order valence-corrected chi connectivity index (χ3v) is 4.05. The molecule has 1 N–H and O–H groups in total. The van der Waals surface area contributed by atoms with E-state index in [1.807, 2.05) is 36.4 Å². The quantitative estimate of drug-likeness (QED) is 0.699. The van der Waals surface area contributed by atoms with Crippen LogP contribution in [0.4, 0.5) is 0 Å². The van der Waals surface area contributed by atoms with Crippen LogP contribution in [0.25, 0.3) is 10.9 Å². The van der Waals surface area contributed by atoms with Crippen molar-refractivity contribution < 1.29 is 4.79 Å². The number of H-pyrrole nitrogens is 1. The largest absolute Gasteiger partial charge is 0.358 e. The number of aromatic amines is 1. The summed E-state index contributed by atoms with van der Waals surface area (Å²) >= 11 is 0. The van der Waals surface area contributed by atoms with Gasteiger partial charge in [0.25, 0.3) is 0 Å². The molecule has 0 aliphatic carbocycles. The molecule has 1 aromatic heterocycles. The van der Waals surface area contributed by atoms with Crippen LogP contribution in [0.1, 0.15) is 46.9 Å². The lowest BCUT2D eigenvalue weighted by Gasteiger charge is -2.04. The van der Waals surface area contributed by atoms with Gasteiger partial charge in [0.1, 0.15) is 0 Å². The van der Waals surface area contributed by atoms with Gasteiger partial charge in [0.05, 0.1) is 17.2 Å². The van der Waals surface area contributed by atoms with E-state index in [0.29, 0.717) is 16.7 Å². The summed E-state index contributed by atoms with van der Waals surface area (Å²) in [7, 11) is 0. The normalized spacial score (nSPS) is 10.6. The number of nitriles is 1. The summed E-state index contributed by atoms with van der Waals surface area (Å²) < 4.78 is 0. The number of hydrogen-bond donors (Lipinski definition) is 1. The Labute approximate surface area is 135 Å². The summed E-state index contributed by atoms with van der Waals surface area (Å²) in [6.07, 6.45) is 2.92. The van der Waals surface area contributed by atoms with E-state index in [2.05, 4.69) is 18.0 Å². The maximum Gasteiger partial charge on any atom is 0.195 e. The zero-order chi connectivity index (χ0) is 16.2. The van der Waals surface area contributed by atoms with Gasteiger partial charge < -0.3 is 4.98 Å². The highest BCUT2D eigenvalue weighted by Gasteiger charge is 2.19. The Hall–Kier alpha value is -2.86. The van der Waals surface area contributed by atoms with Crippen molar-refractivity contribution in [2.24, 2.45) is 0 Å². The third-order valence-electron chi connectivity index (χ3n) is 4.05. The molecular formula is C20H18N2O. The molecule has 2 aromatic carbocycles. The Bertz CT molecular complexity index is 885. The average Bonchev–Trinajstić information content (AvgIpc) is 2.97. The Balaban J connectivity index is 2.18. The van der Waals surface area contributed by atoms with Crippen molar-refractivity contribution >= 4 is 16.7 Å². The second kappa shape index (κ2) is 6.50. The Kier molecular flexibility index (Phi) is 4.25. The van der Waals surface area contributed by atoms with E-state index in [1.165, 1.54) is 0 Å². The van der Waals surface area contributed by atoms with Gasteiger partial charge >= 0.3 is 0 Å². The molecule has 0 aliphatic heterocycles. The van der Waals surface area contributed by atoms with Crippen LogP contribution in [-0.2, 0) is 6.42 Å². The van der Waals surface area contributed by atoms with E-state index < -0.39 is 0 Å². The Morgan fingerprint density at radius 3 is 2.65 bits per heavy atom. The second-order valence-electron chi connectivity index (χ2n) is 5.65. The number of carbonyl (C=O) groups is 1. The predicted molar refractivity (Wildman–Crippen MR) is 91.5 cm³/mol. The molecule has 0 unspecified atom stereocenters. The lowest BCUT2D eigenvalue weighted by Crippen LogP contribution is -2.04. The van der Waals surface area contributed by atoms with Gasteiger partial charge in [-0.1, -0.05) is 43.7 Å². The molecule has 0 aliphatic rings. The van der Waals surface area contributed by atoms with E-state index in [0.717, 1.165) is 35.9 Å². The van der Waals surface area contributed by atoms with Gasteiger partial charge in [-0.25, -0.2) is 0 Å². The number of aryl methyl sites for hydroxylation is 1. The number of unbranched alkanes of at least 4 members (excludes halogenated alkanes) is 1. The average molecular weight is 302 g/mol. The number of nitrogens with one attached hydrogen (secondary N) is 1. The molecule has 0 saturated heterocycles. The topological polar surface area (TPSA) is 56.6 Å². The zero-order valence-corrected chi connectivity index (χ0v) is 13.1. The molecule has 3 rings (SSSR count). The van der Waals surface area contributed by atoms with Crippen molar-refractivity contribution in [3.05, 3.63) is 70.9 Å². The van der Waals surface area contributed by atoms with Crippen molar-refractivity contribution in [2.75, 3.05) is 0 Å². The zero-order valence-electron chi connectivity index (χ0n) is 13.1. The maximum absolute atomic E-state index is 13.0. The van der Waals surface area contributed by atoms with Gasteiger partial charge in [0.15, 0.2) is 5.78 Å². The molecule has 1 heterocycles. The minimum Gasteiger partial charge on any atom is -0.358 e. The first kappa shape index (κ1) is 15.1. The monoisotopic (exact) mass is 302 g/mol. The van der Waals surface area contributed by atoms with E-state index >= 15 is 0 Å². The van der Waals surface area contributed by atoms with Gasteiger partial charge in [-0.3, -0.25) is 4.79 Å². The van der Waals surface area contributed by atoms with Crippen LogP contribution in [0.3, 0.4) is 0 Å². The number of nitrogens with zero attached hydrogens (tertiary/aromatic N) is 1. The number of benzene rings is 2. The molecular weight excluding hydrogens is 284 g/mol. The van der Waals surface area contributed by atoms with Gasteiger partial charge in [-0.05, 0) is 31.0 Å². The molecule has 3 heteroatoms. The summed E-state index contributed by atoms with van der Waals surface area (Å²) in [5.41, 5.74) is 3.83. The van der Waals surface area contributed by atoms with Gasteiger partial charge in [-0.15, -0.1) is 0 Å². The van der Waals surface area contributed by atoms with E-state index in [-0.39, 0.29) is 5.78 Å². The molecule has 0 fully saturated rings. The van der Waals surface area contributed by atoms with Crippen LogP contribution in [-0.4, -0.2) is 10.8 Å². The summed E-state index contributed by atoms with van der Waals surface area (Å²) in [4.78, 5) is 16.4. The van der Waals surface area contributed by atoms with Crippen LogP contribution in [0.5, 0.6) is 0 Å². The number of ketones is 1. The fourth-order valence-corrected chi connectivity index (χ4v) is 2.85. The molecule has 3 aromatic rings. The molecule has 23 heavy (non-hydrogen) atoms. The molecule has 0 saturated carbocycles. The van der Waals surface area contributed by atoms with Crippen LogP contribution in [0, 0.1) is 11.3 Å². The van der Waals surface area contributed by atoms with Crippen molar-refractivity contribution in [1.82, 2.24) is 4.98 Å². The fourth-order valence-electron chi connectivity index (χ4n) is 2.85. The summed E-state index contributed by atoms with van der Waals surface area (Å²) in [5.74, 6) is 0.0121. The summed E-state index contributed by atoms with van der Waals surface area (Å²) in [6, 6.07) is 16.9. The fraction of sp³-hybridized carbons (Fsp3) is 0.200. The van der Waals surface area contributed by atoms with E-state index in [9.17, 15) is 4.79 Å². The highest BCUT2D eigenvalue weighted by Crippen LogP contribution is 2.27. The number of rotatable bonds is 5. The van der Waals surface area contributed by atoms with Crippen LogP contribution in [0.2, 0.25) is 0 Å². The minimum absolute atomic E-state index is 0.0121. The molecule has 0 amide bonds. The maximum atomic E-state index is 13.0. The van der Waals surface area contributed by atoms with Gasteiger partial charge in [-0.2, -0.15) is 5.26 Å². The number of carbonyl (C=O) groups excluding carboxylic acids is 1. The highest BCUT2D eigenvalue weighted by atomic mass is 16.1. The molecule has 0 bridgehead atoms. The number of aromatic nitrogens is 1. The van der Waals surface area contributed by atoms with Crippen molar-refractivity contribution in [2.45, 2.75) is 26.2 Å². The first-order valence-electron chi connectivity index (χ1n) is 7.89. The highest BCUT2D eigenvalue weighted by molar-refractivity contribution is 6.17. The first-order chi connectivity index (χ1) is 11.2. The standard InChI is InChI=1S/C20H18N2O/c1-2-3-9-18-19(20(23)15-7-5-4-6-8-15)16-12-14(13-21)10-11-17(16)22-18/h4-8,10-12,22H,2-3,9H2,1H3. The minimum atomic E-state index is 0.0121. The second-order valence-corrected chi connectivity index (χ2v) is 5.65. The lowest BCUT2D eigenvalue weighted by atomic mass is 9.97. The van der Waals surface area contributed by atoms with Crippen LogP contribution in [0.15, 0.2) is 48.5 Å². The molecule has 3 nitrogen and oxygen atoms in total. The van der Waals surface area contributed by atoms with Crippen LogP contribution >= 0.6 is 0 Å². The van der Waals surface area contributed by atoms with Gasteiger partial charge in [0.2, 0.25) is 0 Å². The smallest absolute Gasteiger partial charge is 0.195 e. The summed E-state index contributed by atoms with van der Waals surface area (Å²) in [5, 5.41) is 9.98. The predicted octanol–water partition coefficient (Wildman–Crippen LogP) is 4.61. The number of hydrogen-bond acceptors (Lipinski definition) is 2. The molecule has 0 radical (unpaired) electrons. The number of fused-ring (bicyclic) bond motifs is 1. The SMILES string of the molecule is CCCCc1[nH]c2ccc(C#N)cc2c1C(=O)c1ccccc1. The van der Waals surface area contributed by atoms with Crippen molar-refractivity contribution in [3.63, 3.8) is 0 Å². The third kappa shape index (κ3) is 2.89. The Morgan fingerprint density at radius 2 is 1.96 bits per heavy atom. The van der Waals surface area contributed by atoms with Crippen LogP contribution < -0.4 is 0 Å². The molecule has 114 valence electrons. The van der Waals surface area contributed by atoms with E-state index in [1.54, 1.807) is 12.1 Å². The van der Waals surface area contributed by atoms with Crippen molar-refractivity contribution in [1.29, 1.82) is 5.26 Å².